The molecule has 0 atom stereocenters. The minimum atomic E-state index is 0.208. The summed E-state index contributed by atoms with van der Waals surface area (Å²) in [5, 5.41) is 0.208. The van der Waals surface area contributed by atoms with E-state index in [4.69, 9.17) is 11.6 Å². The van der Waals surface area contributed by atoms with Gasteiger partial charge in [-0.15, -0.1) is 0 Å². The van der Waals surface area contributed by atoms with E-state index in [1.807, 2.05) is 0 Å². The maximum Gasteiger partial charge on any atom is 0.241 e. The zero-order valence-corrected chi connectivity index (χ0v) is 12.3. The smallest absolute Gasteiger partial charge is 0.241 e. The third-order valence-electron chi connectivity index (χ3n) is 3.35. The van der Waals surface area contributed by atoms with E-state index in [0.717, 1.165) is 12.5 Å². The molecule has 0 aromatic carbocycles. The molecule has 6 nitrogen and oxygen atoms in total. The van der Waals surface area contributed by atoms with Crippen LogP contribution in [0.25, 0.3) is 5.95 Å². The van der Waals surface area contributed by atoms with Gasteiger partial charge in [0.25, 0.3) is 0 Å². The molecule has 1 saturated carbocycles. The Bertz CT molecular complexity index is 579. The van der Waals surface area contributed by atoms with Crippen LogP contribution < -0.4 is 4.90 Å². The Hall–Kier alpha value is -1.69. The summed E-state index contributed by atoms with van der Waals surface area (Å²) in [6, 6.07) is 0.324. The molecular weight excluding hydrogens is 276 g/mol. The van der Waals surface area contributed by atoms with Gasteiger partial charge in [-0.2, -0.15) is 15.0 Å². The summed E-state index contributed by atoms with van der Waals surface area (Å²) in [5.74, 6) is 1.89. The minimum Gasteiger partial charge on any atom is -0.338 e. The maximum absolute atomic E-state index is 6.05. The van der Waals surface area contributed by atoms with Gasteiger partial charge in [-0.3, -0.25) is 4.57 Å². The second-order valence-corrected chi connectivity index (χ2v) is 5.70. The molecule has 0 aliphatic heterocycles. The molecular formula is C13H17ClN6. The highest BCUT2D eigenvalue weighted by atomic mass is 35.5. The third-order valence-corrected chi connectivity index (χ3v) is 3.52. The lowest BCUT2D eigenvalue weighted by Crippen LogP contribution is -2.34. The van der Waals surface area contributed by atoms with Gasteiger partial charge in [-0.1, -0.05) is 0 Å². The molecule has 2 aromatic heterocycles. The molecule has 3 rings (SSSR count). The maximum atomic E-state index is 6.05. The molecule has 1 fully saturated rings. The number of nitrogens with zero attached hydrogens (tertiary/aromatic N) is 6. The van der Waals surface area contributed by atoms with Crippen molar-refractivity contribution in [1.29, 1.82) is 0 Å². The number of halogens is 1. The molecule has 1 aliphatic rings. The van der Waals surface area contributed by atoms with Crippen molar-refractivity contribution in [2.75, 3.05) is 11.4 Å². The summed E-state index contributed by atoms with van der Waals surface area (Å²) in [6.45, 7) is 5.25. The van der Waals surface area contributed by atoms with Crippen LogP contribution in [-0.4, -0.2) is 37.1 Å². The van der Waals surface area contributed by atoms with Crippen molar-refractivity contribution in [3.05, 3.63) is 24.0 Å². The van der Waals surface area contributed by atoms with Crippen molar-refractivity contribution in [1.82, 2.24) is 24.5 Å². The molecule has 2 heterocycles. The van der Waals surface area contributed by atoms with Gasteiger partial charge in [0.05, 0.1) is 0 Å². The Morgan fingerprint density at radius 2 is 2.15 bits per heavy atom. The molecule has 2 aromatic rings. The minimum absolute atomic E-state index is 0.208. The van der Waals surface area contributed by atoms with Crippen molar-refractivity contribution < 1.29 is 0 Å². The lowest BCUT2D eigenvalue weighted by molar-refractivity contribution is 0.623. The van der Waals surface area contributed by atoms with Gasteiger partial charge in [0.15, 0.2) is 0 Å². The van der Waals surface area contributed by atoms with Crippen LogP contribution in [0.5, 0.6) is 0 Å². The van der Waals surface area contributed by atoms with E-state index in [-0.39, 0.29) is 5.28 Å². The molecule has 1 aliphatic carbocycles. The number of imidazole rings is 1. The van der Waals surface area contributed by atoms with E-state index in [2.05, 4.69) is 38.7 Å². The molecule has 0 radical (unpaired) electrons. The van der Waals surface area contributed by atoms with Gasteiger partial charge in [0.2, 0.25) is 17.2 Å². The summed E-state index contributed by atoms with van der Waals surface area (Å²) in [5.41, 5.74) is 0. The molecule has 0 unspecified atom stereocenters. The highest BCUT2D eigenvalue weighted by Crippen LogP contribution is 2.31. The predicted molar refractivity (Wildman–Crippen MR) is 77.2 cm³/mol. The second-order valence-electron chi connectivity index (χ2n) is 5.36. The number of rotatable bonds is 5. The molecule has 7 heteroatoms. The van der Waals surface area contributed by atoms with Gasteiger partial charge in [-0.05, 0) is 44.2 Å². The van der Waals surface area contributed by atoms with Crippen molar-refractivity contribution in [3.8, 4) is 5.95 Å². The molecule has 0 saturated heterocycles. The van der Waals surface area contributed by atoms with Crippen LogP contribution >= 0.6 is 11.6 Å². The van der Waals surface area contributed by atoms with Gasteiger partial charge >= 0.3 is 0 Å². The standard InChI is InChI=1S/C13H17ClN6/c1-9(2)20(7-10-3-4-10)13-17-11(14)16-12(18-13)19-6-5-15-8-19/h5-6,8-10H,3-4,7H2,1-2H3. The van der Waals surface area contributed by atoms with E-state index in [0.29, 0.717) is 17.9 Å². The monoisotopic (exact) mass is 292 g/mol. The second kappa shape index (κ2) is 5.36. The largest absolute Gasteiger partial charge is 0.338 e. The van der Waals surface area contributed by atoms with Gasteiger partial charge in [0, 0.05) is 25.0 Å². The Morgan fingerprint density at radius 1 is 1.35 bits per heavy atom. The van der Waals surface area contributed by atoms with Crippen molar-refractivity contribution in [2.45, 2.75) is 32.7 Å². The van der Waals surface area contributed by atoms with Gasteiger partial charge in [0.1, 0.15) is 6.33 Å². The highest BCUT2D eigenvalue weighted by Gasteiger charge is 2.27. The lowest BCUT2D eigenvalue weighted by atomic mass is 10.3. The molecule has 20 heavy (non-hydrogen) atoms. The average molecular weight is 293 g/mol. The molecule has 0 spiro atoms. The lowest BCUT2D eigenvalue weighted by Gasteiger charge is -2.26. The Morgan fingerprint density at radius 3 is 2.75 bits per heavy atom. The summed E-state index contributed by atoms with van der Waals surface area (Å²) in [6.07, 6.45) is 7.70. The number of hydrogen-bond acceptors (Lipinski definition) is 5. The first-order chi connectivity index (χ1) is 9.63. The van der Waals surface area contributed by atoms with Crippen LogP contribution in [0.2, 0.25) is 5.28 Å². The van der Waals surface area contributed by atoms with E-state index in [1.165, 1.54) is 12.8 Å². The van der Waals surface area contributed by atoms with Gasteiger partial charge < -0.3 is 4.90 Å². The first kappa shape index (κ1) is 13.3. The third kappa shape index (κ3) is 2.90. The SMILES string of the molecule is CC(C)N(CC1CC1)c1nc(Cl)nc(-n2ccnc2)n1. The molecule has 0 bridgehead atoms. The predicted octanol–water partition coefficient (Wildman–Crippen LogP) is 2.34. The number of anilines is 1. The topological polar surface area (TPSA) is 59.7 Å². The average Bonchev–Trinajstić information content (AvgIpc) is 3.05. The highest BCUT2D eigenvalue weighted by molar-refractivity contribution is 6.28. The van der Waals surface area contributed by atoms with Crippen LogP contribution in [0.4, 0.5) is 5.95 Å². The Balaban J connectivity index is 1.94. The van der Waals surface area contributed by atoms with Crippen LogP contribution in [0.1, 0.15) is 26.7 Å². The van der Waals surface area contributed by atoms with E-state index < -0.39 is 0 Å². The fraction of sp³-hybridized carbons (Fsp3) is 0.538. The summed E-state index contributed by atoms with van der Waals surface area (Å²) in [4.78, 5) is 19.1. The Labute approximate surface area is 122 Å². The van der Waals surface area contributed by atoms with E-state index >= 15 is 0 Å². The quantitative estimate of drug-likeness (QED) is 0.846. The number of aromatic nitrogens is 5. The van der Waals surface area contributed by atoms with E-state index in [9.17, 15) is 0 Å². The fourth-order valence-corrected chi connectivity index (χ4v) is 2.20. The molecule has 106 valence electrons. The normalized spacial score (nSPS) is 14.8. The van der Waals surface area contributed by atoms with Gasteiger partial charge in [-0.25, -0.2) is 4.98 Å². The van der Waals surface area contributed by atoms with E-state index in [1.54, 1.807) is 23.3 Å². The van der Waals surface area contributed by atoms with Crippen molar-refractivity contribution in [3.63, 3.8) is 0 Å². The Kier molecular flexibility index (Phi) is 3.56. The number of hydrogen-bond donors (Lipinski definition) is 0. The zero-order valence-electron chi connectivity index (χ0n) is 11.6. The van der Waals surface area contributed by atoms with Crippen LogP contribution in [0.15, 0.2) is 18.7 Å². The van der Waals surface area contributed by atoms with Crippen molar-refractivity contribution >= 4 is 17.5 Å². The summed E-state index contributed by atoms with van der Waals surface area (Å²) >= 11 is 6.05. The van der Waals surface area contributed by atoms with Crippen LogP contribution in [0, 0.1) is 5.92 Å². The van der Waals surface area contributed by atoms with Crippen molar-refractivity contribution in [2.24, 2.45) is 5.92 Å². The fourth-order valence-electron chi connectivity index (χ4n) is 2.05. The summed E-state index contributed by atoms with van der Waals surface area (Å²) in [7, 11) is 0. The molecule has 0 amide bonds. The van der Waals surface area contributed by atoms with Crippen LogP contribution in [-0.2, 0) is 0 Å². The molecule has 0 N–H and O–H groups in total. The summed E-state index contributed by atoms with van der Waals surface area (Å²) < 4.78 is 1.73. The van der Waals surface area contributed by atoms with Crippen LogP contribution in [0.3, 0.4) is 0 Å². The zero-order chi connectivity index (χ0) is 14.1. The first-order valence-corrected chi connectivity index (χ1v) is 7.18. The first-order valence-electron chi connectivity index (χ1n) is 6.80.